The van der Waals surface area contributed by atoms with E-state index >= 15 is 0 Å². The zero-order valence-corrected chi connectivity index (χ0v) is 8.68. The van der Waals surface area contributed by atoms with Crippen LogP contribution in [0.1, 0.15) is 18.9 Å². The van der Waals surface area contributed by atoms with Crippen LogP contribution in [-0.4, -0.2) is 18.0 Å². The molecule has 0 aliphatic carbocycles. The minimum atomic E-state index is 0.623. The molecule has 70 valence electrons. The van der Waals surface area contributed by atoms with E-state index in [9.17, 15) is 0 Å². The Balaban J connectivity index is 2.36. The second-order valence-electron chi connectivity index (χ2n) is 2.91. The van der Waals surface area contributed by atoms with E-state index in [1.807, 2.05) is 0 Å². The molecule has 13 heavy (non-hydrogen) atoms. The first kappa shape index (κ1) is 10.2. The van der Waals surface area contributed by atoms with Crippen molar-refractivity contribution >= 4 is 11.3 Å². The Labute approximate surface area is 83.4 Å². The summed E-state index contributed by atoms with van der Waals surface area (Å²) in [7, 11) is 0. The van der Waals surface area contributed by atoms with Gasteiger partial charge in [-0.3, -0.25) is 4.90 Å². The highest BCUT2D eigenvalue weighted by atomic mass is 32.1. The Kier molecular flexibility index (Phi) is 4.52. The van der Waals surface area contributed by atoms with Crippen LogP contribution in [0.5, 0.6) is 0 Å². The molecule has 1 rings (SSSR count). The second-order valence-corrected chi connectivity index (χ2v) is 3.69. The molecule has 0 saturated carbocycles. The van der Waals surface area contributed by atoms with Crippen molar-refractivity contribution in [2.24, 2.45) is 0 Å². The molecule has 1 aromatic rings. The third-order valence-electron chi connectivity index (χ3n) is 1.97. The summed E-state index contributed by atoms with van der Waals surface area (Å²) >= 11 is 1.72. The van der Waals surface area contributed by atoms with Crippen LogP contribution in [-0.2, 0) is 6.54 Å². The van der Waals surface area contributed by atoms with Gasteiger partial charge in [0.25, 0.3) is 0 Å². The minimum Gasteiger partial charge on any atom is -0.298 e. The monoisotopic (exact) mass is 194 g/mol. The summed E-state index contributed by atoms with van der Waals surface area (Å²) in [5, 5.41) is 12.7. The fourth-order valence-corrected chi connectivity index (χ4v) is 1.86. The van der Waals surface area contributed by atoms with Crippen LogP contribution in [0.2, 0.25) is 0 Å². The van der Waals surface area contributed by atoms with Gasteiger partial charge in [0.1, 0.15) is 0 Å². The highest BCUT2D eigenvalue weighted by Crippen LogP contribution is 2.09. The first-order valence-corrected chi connectivity index (χ1v) is 5.41. The summed E-state index contributed by atoms with van der Waals surface area (Å²) in [6, 6.07) is 4.31. The molecule has 0 saturated heterocycles. The van der Waals surface area contributed by atoms with Crippen LogP contribution < -0.4 is 0 Å². The van der Waals surface area contributed by atoms with Gasteiger partial charge in [-0.25, -0.2) is 0 Å². The normalized spacial score (nSPS) is 10.2. The predicted molar refractivity (Wildman–Crippen MR) is 55.5 cm³/mol. The first-order valence-electron chi connectivity index (χ1n) is 4.47. The summed E-state index contributed by atoms with van der Waals surface area (Å²) in [4.78, 5) is 2.28. The van der Waals surface area contributed by atoms with Gasteiger partial charge in [0.15, 0.2) is 0 Å². The lowest BCUT2D eigenvalue weighted by Crippen LogP contribution is -2.23. The largest absolute Gasteiger partial charge is 0.298 e. The third-order valence-corrected chi connectivity index (χ3v) is 2.71. The smallest absolute Gasteiger partial charge is 0.0635 e. The Morgan fingerprint density at radius 1 is 1.62 bits per heavy atom. The van der Waals surface area contributed by atoms with Gasteiger partial charge >= 0.3 is 0 Å². The molecule has 1 heterocycles. The molecule has 0 radical (unpaired) electrons. The summed E-state index contributed by atoms with van der Waals surface area (Å²) in [6.45, 7) is 4.99. The fourth-order valence-electron chi connectivity index (χ4n) is 1.20. The van der Waals surface area contributed by atoms with Crippen LogP contribution in [0.3, 0.4) is 0 Å². The SMILES string of the molecule is CCN(CCC#N)Cc1ccsc1. The van der Waals surface area contributed by atoms with Crippen molar-refractivity contribution in [2.75, 3.05) is 13.1 Å². The molecule has 0 unspecified atom stereocenters. The van der Waals surface area contributed by atoms with E-state index in [4.69, 9.17) is 5.26 Å². The number of thiophene rings is 1. The minimum absolute atomic E-state index is 0.623. The summed E-state index contributed by atoms with van der Waals surface area (Å²) in [6.07, 6.45) is 0.623. The molecule has 0 atom stereocenters. The van der Waals surface area contributed by atoms with Crippen molar-refractivity contribution in [3.63, 3.8) is 0 Å². The second kappa shape index (κ2) is 5.74. The molecule has 0 N–H and O–H groups in total. The summed E-state index contributed by atoms with van der Waals surface area (Å²) in [5.41, 5.74) is 1.35. The van der Waals surface area contributed by atoms with Crippen molar-refractivity contribution in [1.29, 1.82) is 5.26 Å². The Morgan fingerprint density at radius 2 is 2.46 bits per heavy atom. The highest BCUT2D eigenvalue weighted by Gasteiger charge is 2.02. The molecule has 2 nitrogen and oxygen atoms in total. The lowest BCUT2D eigenvalue weighted by Gasteiger charge is -2.17. The molecule has 0 spiro atoms. The van der Waals surface area contributed by atoms with Crippen molar-refractivity contribution < 1.29 is 0 Å². The van der Waals surface area contributed by atoms with Crippen molar-refractivity contribution in [2.45, 2.75) is 19.9 Å². The molecule has 0 fully saturated rings. The molecule has 0 aromatic carbocycles. The average molecular weight is 194 g/mol. The number of nitriles is 1. The van der Waals surface area contributed by atoms with Gasteiger partial charge in [-0.15, -0.1) is 0 Å². The van der Waals surface area contributed by atoms with Gasteiger partial charge in [0.05, 0.1) is 6.07 Å². The summed E-state index contributed by atoms with van der Waals surface area (Å²) in [5.74, 6) is 0. The van der Waals surface area contributed by atoms with Crippen molar-refractivity contribution in [3.8, 4) is 6.07 Å². The molecule has 1 aromatic heterocycles. The third kappa shape index (κ3) is 3.58. The zero-order valence-electron chi connectivity index (χ0n) is 7.86. The lowest BCUT2D eigenvalue weighted by atomic mass is 10.3. The van der Waals surface area contributed by atoms with Gasteiger partial charge in [-0.2, -0.15) is 16.6 Å². The average Bonchev–Trinajstić information content (AvgIpc) is 2.64. The number of rotatable bonds is 5. The molecule has 0 aliphatic rings. The maximum absolute atomic E-state index is 8.46. The standard InChI is InChI=1S/C10H14N2S/c1-2-12(6-3-5-11)8-10-4-7-13-9-10/h4,7,9H,2-3,6,8H2,1H3. The molecule has 0 amide bonds. The van der Waals surface area contributed by atoms with Crippen molar-refractivity contribution in [1.82, 2.24) is 4.90 Å². The van der Waals surface area contributed by atoms with E-state index in [1.165, 1.54) is 5.56 Å². The van der Waals surface area contributed by atoms with Crippen LogP contribution in [0.4, 0.5) is 0 Å². The van der Waals surface area contributed by atoms with Crippen LogP contribution in [0.15, 0.2) is 16.8 Å². The van der Waals surface area contributed by atoms with Gasteiger partial charge in [0, 0.05) is 19.5 Å². The van der Waals surface area contributed by atoms with Gasteiger partial charge in [-0.05, 0) is 28.9 Å². The fraction of sp³-hybridized carbons (Fsp3) is 0.500. The molecule has 0 aliphatic heterocycles. The first-order chi connectivity index (χ1) is 6.36. The number of hydrogen-bond donors (Lipinski definition) is 0. The number of hydrogen-bond acceptors (Lipinski definition) is 3. The lowest BCUT2D eigenvalue weighted by molar-refractivity contribution is 0.287. The summed E-state index contributed by atoms with van der Waals surface area (Å²) < 4.78 is 0. The van der Waals surface area contributed by atoms with Crippen LogP contribution in [0, 0.1) is 11.3 Å². The maximum Gasteiger partial charge on any atom is 0.0635 e. The Bertz CT molecular complexity index is 261. The molecule has 3 heteroatoms. The van der Waals surface area contributed by atoms with Crippen LogP contribution in [0.25, 0.3) is 0 Å². The van der Waals surface area contributed by atoms with Gasteiger partial charge < -0.3 is 0 Å². The van der Waals surface area contributed by atoms with E-state index in [1.54, 1.807) is 11.3 Å². The van der Waals surface area contributed by atoms with E-state index < -0.39 is 0 Å². The Hall–Kier alpha value is -0.850. The molecular formula is C10H14N2S. The number of nitrogens with zero attached hydrogens (tertiary/aromatic N) is 2. The van der Waals surface area contributed by atoms with Gasteiger partial charge in [-0.1, -0.05) is 6.92 Å². The molecular weight excluding hydrogens is 180 g/mol. The van der Waals surface area contributed by atoms with E-state index in [0.717, 1.165) is 19.6 Å². The van der Waals surface area contributed by atoms with E-state index in [-0.39, 0.29) is 0 Å². The van der Waals surface area contributed by atoms with Crippen LogP contribution >= 0.6 is 11.3 Å². The zero-order chi connectivity index (χ0) is 9.52. The topological polar surface area (TPSA) is 27.0 Å². The van der Waals surface area contributed by atoms with E-state index in [0.29, 0.717) is 6.42 Å². The Morgan fingerprint density at radius 3 is 3.00 bits per heavy atom. The maximum atomic E-state index is 8.46. The van der Waals surface area contributed by atoms with Gasteiger partial charge in [0.2, 0.25) is 0 Å². The predicted octanol–water partition coefficient (Wildman–Crippen LogP) is 2.48. The highest BCUT2D eigenvalue weighted by molar-refractivity contribution is 7.07. The molecule has 0 bridgehead atoms. The van der Waals surface area contributed by atoms with E-state index in [2.05, 4.69) is 34.7 Å². The quantitative estimate of drug-likeness (QED) is 0.720. The van der Waals surface area contributed by atoms with Crippen molar-refractivity contribution in [3.05, 3.63) is 22.4 Å².